The second-order valence-electron chi connectivity index (χ2n) is 6.55. The first-order valence-electron chi connectivity index (χ1n) is 9.73. The zero-order valence-corrected chi connectivity index (χ0v) is 19.2. The second kappa shape index (κ2) is 10.8. The molecular weight excluding hydrogens is 450 g/mol. The van der Waals surface area contributed by atoms with Gasteiger partial charge in [-0.05, 0) is 54.5 Å². The summed E-state index contributed by atoms with van der Waals surface area (Å²) in [4.78, 5) is 16.2. The topological polar surface area (TPSA) is 107 Å². The smallest absolute Gasteiger partial charge is 0.263 e. The molecule has 0 spiro atoms. The van der Waals surface area contributed by atoms with Gasteiger partial charge in [-0.25, -0.2) is 13.4 Å². The molecule has 0 aliphatic rings. The average Bonchev–Trinajstić information content (AvgIpc) is 3.29. The molecule has 0 fully saturated rings. The van der Waals surface area contributed by atoms with E-state index in [1.165, 1.54) is 47.9 Å². The van der Waals surface area contributed by atoms with Crippen LogP contribution < -0.4 is 19.5 Å². The summed E-state index contributed by atoms with van der Waals surface area (Å²) in [5.41, 5.74) is 1.24. The molecule has 1 heterocycles. The first kappa shape index (κ1) is 23.3. The average molecular weight is 474 g/mol. The fourth-order valence-corrected chi connectivity index (χ4v) is 4.43. The SMILES string of the molecule is CCCOc1ccc(C=CC(=O)Nc2ccc(S(=O)(=O)Nc3nccs3)cc2)cc1OC. The summed E-state index contributed by atoms with van der Waals surface area (Å²) in [5, 5.41) is 4.66. The summed E-state index contributed by atoms with van der Waals surface area (Å²) in [7, 11) is -2.18. The van der Waals surface area contributed by atoms with Crippen LogP contribution in [0.1, 0.15) is 18.9 Å². The van der Waals surface area contributed by atoms with Gasteiger partial charge in [-0.3, -0.25) is 9.52 Å². The number of benzene rings is 2. The van der Waals surface area contributed by atoms with Gasteiger partial charge in [-0.1, -0.05) is 13.0 Å². The molecule has 1 amide bonds. The number of methoxy groups -OCH3 is 1. The predicted octanol–water partition coefficient (Wildman–Crippen LogP) is 4.39. The van der Waals surface area contributed by atoms with Crippen LogP contribution in [0.5, 0.6) is 11.5 Å². The van der Waals surface area contributed by atoms with Crippen molar-refractivity contribution in [2.24, 2.45) is 0 Å². The maximum Gasteiger partial charge on any atom is 0.263 e. The Bertz CT molecular complexity index is 1170. The van der Waals surface area contributed by atoms with Crippen molar-refractivity contribution in [3.05, 3.63) is 65.7 Å². The summed E-state index contributed by atoms with van der Waals surface area (Å²) in [6.07, 6.45) is 5.44. The van der Waals surface area contributed by atoms with Crippen LogP contribution in [-0.2, 0) is 14.8 Å². The molecule has 0 bridgehead atoms. The van der Waals surface area contributed by atoms with Crippen molar-refractivity contribution in [3.8, 4) is 11.5 Å². The Hall–Kier alpha value is -3.37. The van der Waals surface area contributed by atoms with Gasteiger partial charge in [-0.15, -0.1) is 11.3 Å². The number of sulfonamides is 1. The van der Waals surface area contributed by atoms with Gasteiger partial charge in [0.05, 0.1) is 18.6 Å². The molecule has 3 aromatic rings. The van der Waals surface area contributed by atoms with Gasteiger partial charge in [0.2, 0.25) is 5.91 Å². The fraction of sp³-hybridized carbons (Fsp3) is 0.182. The highest BCUT2D eigenvalue weighted by atomic mass is 32.2. The van der Waals surface area contributed by atoms with E-state index in [1.807, 2.05) is 13.0 Å². The van der Waals surface area contributed by atoms with E-state index in [9.17, 15) is 13.2 Å². The molecule has 0 saturated heterocycles. The number of thiazole rings is 1. The van der Waals surface area contributed by atoms with Crippen LogP contribution >= 0.6 is 11.3 Å². The Kier molecular flexibility index (Phi) is 7.85. The molecule has 0 aliphatic carbocycles. The number of hydrogen-bond donors (Lipinski definition) is 2. The standard InChI is InChI=1S/C22H23N3O5S2/c1-3-13-30-19-10-4-16(15-20(19)29-2)5-11-21(26)24-17-6-8-18(9-7-17)32(27,28)25-22-23-12-14-31-22/h4-12,14-15H,3,13H2,1-2H3,(H,23,25)(H,24,26). The van der Waals surface area contributed by atoms with Crippen LogP contribution in [0.25, 0.3) is 6.08 Å². The molecule has 10 heteroatoms. The van der Waals surface area contributed by atoms with E-state index in [0.717, 1.165) is 12.0 Å². The van der Waals surface area contributed by atoms with Crippen molar-refractivity contribution in [2.45, 2.75) is 18.2 Å². The highest BCUT2D eigenvalue weighted by Crippen LogP contribution is 2.28. The van der Waals surface area contributed by atoms with Crippen LogP contribution in [0.15, 0.2) is 65.0 Å². The fourth-order valence-electron chi connectivity index (χ4n) is 2.64. The van der Waals surface area contributed by atoms with Crippen LogP contribution in [0, 0.1) is 0 Å². The summed E-state index contributed by atoms with van der Waals surface area (Å²) >= 11 is 1.19. The molecule has 0 radical (unpaired) electrons. The highest BCUT2D eigenvalue weighted by molar-refractivity contribution is 7.93. The molecule has 3 rings (SSSR count). The third-order valence-electron chi connectivity index (χ3n) is 4.16. The van der Waals surface area contributed by atoms with E-state index in [1.54, 1.807) is 30.7 Å². The van der Waals surface area contributed by atoms with Crippen molar-refractivity contribution in [1.29, 1.82) is 0 Å². The Morgan fingerprint density at radius 1 is 1.16 bits per heavy atom. The molecule has 168 valence electrons. The largest absolute Gasteiger partial charge is 0.493 e. The summed E-state index contributed by atoms with van der Waals surface area (Å²) < 4.78 is 38.1. The van der Waals surface area contributed by atoms with Crippen molar-refractivity contribution < 1.29 is 22.7 Å². The van der Waals surface area contributed by atoms with E-state index in [0.29, 0.717) is 23.8 Å². The van der Waals surface area contributed by atoms with Gasteiger partial charge in [0.25, 0.3) is 10.0 Å². The third kappa shape index (κ3) is 6.32. The number of aromatic nitrogens is 1. The minimum Gasteiger partial charge on any atom is -0.493 e. The first-order valence-corrected chi connectivity index (χ1v) is 12.1. The molecule has 0 aliphatic heterocycles. The van der Waals surface area contributed by atoms with Crippen molar-refractivity contribution in [1.82, 2.24) is 4.98 Å². The van der Waals surface area contributed by atoms with Crippen LogP contribution in [0.4, 0.5) is 10.8 Å². The van der Waals surface area contributed by atoms with Crippen LogP contribution in [-0.4, -0.2) is 33.0 Å². The lowest BCUT2D eigenvalue weighted by Crippen LogP contribution is -2.13. The number of nitrogens with one attached hydrogen (secondary N) is 2. The third-order valence-corrected chi connectivity index (χ3v) is 6.34. The molecule has 0 atom stereocenters. The molecule has 1 aromatic heterocycles. The maximum absolute atomic E-state index is 12.4. The lowest BCUT2D eigenvalue weighted by atomic mass is 10.2. The number of amides is 1. The van der Waals surface area contributed by atoms with E-state index < -0.39 is 10.0 Å². The molecule has 2 N–H and O–H groups in total. The molecule has 2 aromatic carbocycles. The lowest BCUT2D eigenvalue weighted by Gasteiger charge is -2.10. The Morgan fingerprint density at radius 3 is 2.59 bits per heavy atom. The summed E-state index contributed by atoms with van der Waals surface area (Å²) in [6.45, 7) is 2.61. The van der Waals surface area contributed by atoms with Crippen LogP contribution in [0.2, 0.25) is 0 Å². The number of carbonyl (C=O) groups is 1. The van der Waals surface area contributed by atoms with Gasteiger partial charge < -0.3 is 14.8 Å². The Balaban J connectivity index is 1.62. The van der Waals surface area contributed by atoms with Gasteiger partial charge in [0.15, 0.2) is 16.6 Å². The van der Waals surface area contributed by atoms with Gasteiger partial charge >= 0.3 is 0 Å². The van der Waals surface area contributed by atoms with E-state index in [4.69, 9.17) is 9.47 Å². The molecular formula is C22H23N3O5S2. The predicted molar refractivity (Wildman–Crippen MR) is 126 cm³/mol. The highest BCUT2D eigenvalue weighted by Gasteiger charge is 2.15. The minimum absolute atomic E-state index is 0.0683. The molecule has 0 saturated carbocycles. The second-order valence-corrected chi connectivity index (χ2v) is 9.13. The number of carbonyl (C=O) groups excluding carboxylic acids is 1. The maximum atomic E-state index is 12.4. The summed E-state index contributed by atoms with van der Waals surface area (Å²) in [5.74, 6) is 0.881. The van der Waals surface area contributed by atoms with Crippen LogP contribution in [0.3, 0.4) is 0 Å². The first-order chi connectivity index (χ1) is 15.4. The zero-order valence-electron chi connectivity index (χ0n) is 17.6. The Labute approximate surface area is 191 Å². The molecule has 32 heavy (non-hydrogen) atoms. The minimum atomic E-state index is -3.74. The van der Waals surface area contributed by atoms with Crippen molar-refractivity contribution in [3.63, 3.8) is 0 Å². The van der Waals surface area contributed by atoms with Crippen molar-refractivity contribution >= 4 is 44.2 Å². The summed E-state index contributed by atoms with van der Waals surface area (Å²) in [6, 6.07) is 11.3. The quantitative estimate of drug-likeness (QED) is 0.423. The monoisotopic (exact) mass is 473 g/mol. The molecule has 0 unspecified atom stereocenters. The zero-order chi connectivity index (χ0) is 23.0. The van der Waals surface area contributed by atoms with Gasteiger partial charge in [-0.2, -0.15) is 0 Å². The Morgan fingerprint density at radius 2 is 1.94 bits per heavy atom. The van der Waals surface area contributed by atoms with E-state index >= 15 is 0 Å². The normalized spacial score (nSPS) is 11.3. The lowest BCUT2D eigenvalue weighted by molar-refractivity contribution is -0.111. The van der Waals surface area contributed by atoms with E-state index in [-0.39, 0.29) is 15.9 Å². The number of hydrogen-bond acceptors (Lipinski definition) is 7. The van der Waals surface area contributed by atoms with E-state index in [2.05, 4.69) is 15.0 Å². The number of rotatable bonds is 10. The number of nitrogens with zero attached hydrogens (tertiary/aromatic N) is 1. The number of ether oxygens (including phenoxy) is 2. The van der Waals surface area contributed by atoms with Gasteiger partial charge in [0, 0.05) is 23.3 Å². The number of anilines is 2. The van der Waals surface area contributed by atoms with Crippen molar-refractivity contribution in [2.75, 3.05) is 23.8 Å². The van der Waals surface area contributed by atoms with Gasteiger partial charge in [0.1, 0.15) is 0 Å². The molecule has 8 nitrogen and oxygen atoms in total.